The third-order valence-corrected chi connectivity index (χ3v) is 0. The summed E-state index contributed by atoms with van der Waals surface area (Å²) in [5.41, 5.74) is 0. The average Bonchev–Trinajstić information content (AvgIpc) is 0.811. The SMILES string of the molecule is [B]C(C)I. The first-order valence-electron chi connectivity index (χ1n) is 1.13. The van der Waals surface area contributed by atoms with Gasteiger partial charge in [0.05, 0.1) is 7.85 Å². The van der Waals surface area contributed by atoms with Gasteiger partial charge in [0.1, 0.15) is 0 Å². The van der Waals surface area contributed by atoms with Crippen molar-refractivity contribution in [2.45, 2.75) is 10.7 Å². The molecule has 0 rings (SSSR count). The van der Waals surface area contributed by atoms with Crippen LogP contribution in [0.5, 0.6) is 0 Å². The average molecular weight is 166 g/mol. The number of hydrogen-bond acceptors (Lipinski definition) is 0. The summed E-state index contributed by atoms with van der Waals surface area (Å²) in [4.78, 5) is 0. The first kappa shape index (κ1) is 4.79. The summed E-state index contributed by atoms with van der Waals surface area (Å²) in [6, 6.07) is 0. The van der Waals surface area contributed by atoms with E-state index in [4.69, 9.17) is 7.85 Å². The van der Waals surface area contributed by atoms with Crippen LogP contribution >= 0.6 is 22.6 Å². The molecule has 22 valence electrons. The van der Waals surface area contributed by atoms with Crippen molar-refractivity contribution in [2.75, 3.05) is 0 Å². The molecule has 0 aromatic heterocycles. The number of alkyl halides is 1. The van der Waals surface area contributed by atoms with Crippen molar-refractivity contribution in [1.29, 1.82) is 0 Å². The van der Waals surface area contributed by atoms with Crippen molar-refractivity contribution in [2.24, 2.45) is 0 Å². The van der Waals surface area contributed by atoms with E-state index in [2.05, 4.69) is 22.6 Å². The molecule has 1 unspecified atom stereocenters. The highest BCUT2D eigenvalue weighted by atomic mass is 127. The molecule has 0 fully saturated rings. The van der Waals surface area contributed by atoms with Crippen LogP contribution in [0, 0.1) is 0 Å². The number of rotatable bonds is 0. The Morgan fingerprint density at radius 2 is 2.00 bits per heavy atom. The Morgan fingerprint density at radius 1 is 2.00 bits per heavy atom. The smallest absolute Gasteiger partial charge is 0.0838 e. The molecule has 0 spiro atoms. The number of halogens is 1. The zero-order valence-electron chi connectivity index (χ0n) is 2.53. The fraction of sp³-hybridized carbons (Fsp3) is 1.00. The van der Waals surface area contributed by atoms with Crippen LogP contribution in [0.1, 0.15) is 6.92 Å². The molecule has 2 radical (unpaired) electrons. The lowest BCUT2D eigenvalue weighted by molar-refractivity contribution is 1.46. The molecule has 4 heavy (non-hydrogen) atoms. The lowest BCUT2D eigenvalue weighted by atomic mass is 10.1. The Kier molecular flexibility index (Phi) is 2.47. The molecule has 2 heteroatoms. The van der Waals surface area contributed by atoms with E-state index in [9.17, 15) is 0 Å². The van der Waals surface area contributed by atoms with Gasteiger partial charge in [-0.3, -0.25) is 0 Å². The van der Waals surface area contributed by atoms with E-state index in [0.29, 0.717) is 3.82 Å². The van der Waals surface area contributed by atoms with Crippen LogP contribution in [0.3, 0.4) is 0 Å². The minimum absolute atomic E-state index is 0.303. The highest BCUT2D eigenvalue weighted by molar-refractivity contribution is 14.1. The lowest BCUT2D eigenvalue weighted by Crippen LogP contribution is -1.80. The third kappa shape index (κ3) is 14.2. The predicted molar refractivity (Wildman–Crippen MR) is 29.2 cm³/mol. The van der Waals surface area contributed by atoms with Gasteiger partial charge in [-0.1, -0.05) is 29.5 Å². The van der Waals surface area contributed by atoms with E-state index in [0.717, 1.165) is 0 Å². The van der Waals surface area contributed by atoms with E-state index < -0.39 is 0 Å². The molecular weight excluding hydrogens is 162 g/mol. The van der Waals surface area contributed by atoms with Gasteiger partial charge in [0, 0.05) is 0 Å². The topological polar surface area (TPSA) is 0 Å². The second kappa shape index (κ2) is 2.06. The molecule has 0 saturated heterocycles. The largest absolute Gasteiger partial charge is 0.0935 e. The molecule has 1 atom stereocenters. The summed E-state index contributed by atoms with van der Waals surface area (Å²) in [5, 5.41) is 0. The normalized spacial score (nSPS) is 15.5. The molecule has 0 bridgehead atoms. The number of hydrogen-bond donors (Lipinski definition) is 0. The van der Waals surface area contributed by atoms with Crippen LogP contribution in [0.2, 0.25) is 0 Å². The van der Waals surface area contributed by atoms with Crippen LogP contribution in [0.15, 0.2) is 0 Å². The fourth-order valence-electron chi connectivity index (χ4n) is 0. The van der Waals surface area contributed by atoms with Crippen LogP contribution in [0.4, 0.5) is 0 Å². The summed E-state index contributed by atoms with van der Waals surface area (Å²) in [6.45, 7) is 1.93. The maximum absolute atomic E-state index is 5.10. The molecule has 0 nitrogen and oxygen atoms in total. The van der Waals surface area contributed by atoms with E-state index >= 15 is 0 Å². The van der Waals surface area contributed by atoms with Crippen LogP contribution in [-0.2, 0) is 0 Å². The molecule has 0 aliphatic carbocycles. The maximum atomic E-state index is 5.10. The Bertz CT molecular complexity index is 10.8. The van der Waals surface area contributed by atoms with Gasteiger partial charge in [0.2, 0.25) is 0 Å². The zero-order chi connectivity index (χ0) is 3.58. The second-order valence-corrected chi connectivity index (χ2v) is 2.64. The van der Waals surface area contributed by atoms with Crippen LogP contribution in [0.25, 0.3) is 0 Å². The van der Waals surface area contributed by atoms with E-state index in [1.807, 2.05) is 6.92 Å². The van der Waals surface area contributed by atoms with E-state index in [1.54, 1.807) is 0 Å². The van der Waals surface area contributed by atoms with Gasteiger partial charge in [-0.25, -0.2) is 0 Å². The van der Waals surface area contributed by atoms with Crippen LogP contribution < -0.4 is 0 Å². The van der Waals surface area contributed by atoms with E-state index in [-0.39, 0.29) is 0 Å². The molecule has 0 saturated carbocycles. The van der Waals surface area contributed by atoms with E-state index in [1.165, 1.54) is 0 Å². The van der Waals surface area contributed by atoms with Gasteiger partial charge in [0.25, 0.3) is 0 Å². The summed E-state index contributed by atoms with van der Waals surface area (Å²) < 4.78 is 0.303. The first-order chi connectivity index (χ1) is 1.73. The van der Waals surface area contributed by atoms with Gasteiger partial charge in [-0.05, 0) is 3.82 Å². The predicted octanol–water partition coefficient (Wildman–Crippen LogP) is 0.936. The molecule has 0 amide bonds. The van der Waals surface area contributed by atoms with Gasteiger partial charge >= 0.3 is 0 Å². The molecular formula is C2H4BI. The summed E-state index contributed by atoms with van der Waals surface area (Å²) in [6.07, 6.45) is 0. The van der Waals surface area contributed by atoms with Gasteiger partial charge < -0.3 is 0 Å². The minimum atomic E-state index is 0.303. The van der Waals surface area contributed by atoms with Crippen molar-refractivity contribution >= 4 is 30.4 Å². The monoisotopic (exact) mass is 166 g/mol. The van der Waals surface area contributed by atoms with Gasteiger partial charge in [0.15, 0.2) is 0 Å². The molecule has 0 aromatic carbocycles. The van der Waals surface area contributed by atoms with Crippen molar-refractivity contribution < 1.29 is 0 Å². The zero-order valence-corrected chi connectivity index (χ0v) is 4.69. The molecule has 0 heterocycles. The molecule has 0 aliphatic rings. The quantitative estimate of drug-likeness (QED) is 0.285. The minimum Gasteiger partial charge on any atom is -0.0935 e. The van der Waals surface area contributed by atoms with Crippen molar-refractivity contribution in [3.63, 3.8) is 0 Å². The Morgan fingerprint density at radius 3 is 2.00 bits per heavy atom. The van der Waals surface area contributed by atoms with Crippen molar-refractivity contribution in [1.82, 2.24) is 0 Å². The summed E-state index contributed by atoms with van der Waals surface area (Å²) >= 11 is 2.12. The highest BCUT2D eigenvalue weighted by Crippen LogP contribution is 1.86. The van der Waals surface area contributed by atoms with Gasteiger partial charge in [-0.15, -0.1) is 0 Å². The summed E-state index contributed by atoms with van der Waals surface area (Å²) in [7, 11) is 5.10. The molecule has 0 aliphatic heterocycles. The van der Waals surface area contributed by atoms with Crippen molar-refractivity contribution in [3.8, 4) is 0 Å². The Labute approximate surface area is 41.5 Å². The lowest BCUT2D eigenvalue weighted by Gasteiger charge is -1.76. The standard InChI is InChI=1S/C2H4BI/c1-2(3)4/h2H,1H3. The molecule has 0 aromatic rings. The fourth-order valence-corrected chi connectivity index (χ4v) is 0. The first-order valence-corrected chi connectivity index (χ1v) is 2.37. The highest BCUT2D eigenvalue weighted by Gasteiger charge is 1.71. The Balaban J connectivity index is 2.32. The second-order valence-electron chi connectivity index (χ2n) is 0.678. The third-order valence-electron chi connectivity index (χ3n) is 0. The molecule has 0 N–H and O–H groups in total. The van der Waals surface area contributed by atoms with Gasteiger partial charge in [-0.2, -0.15) is 0 Å². The Hall–Kier alpha value is 0.795. The van der Waals surface area contributed by atoms with Crippen LogP contribution in [-0.4, -0.2) is 11.7 Å². The van der Waals surface area contributed by atoms with Crippen molar-refractivity contribution in [3.05, 3.63) is 0 Å². The summed E-state index contributed by atoms with van der Waals surface area (Å²) in [5.74, 6) is 0. The maximum Gasteiger partial charge on any atom is 0.0838 e.